The van der Waals surface area contributed by atoms with Gasteiger partial charge in [-0.1, -0.05) is 18.2 Å². The van der Waals surface area contributed by atoms with E-state index in [1.807, 2.05) is 61.5 Å². The van der Waals surface area contributed by atoms with Crippen LogP contribution in [-0.4, -0.2) is 39.7 Å². The molecule has 4 rings (SSSR count). The molecular weight excluding hydrogens is 432 g/mol. The number of methoxy groups -OCH3 is 3. The summed E-state index contributed by atoms with van der Waals surface area (Å²) in [5.74, 6) is 2.77. The van der Waals surface area contributed by atoms with Gasteiger partial charge in [-0.05, 0) is 67.1 Å². The number of carbonyl (C=O) groups excluding carboxylic acids is 1. The minimum Gasteiger partial charge on any atom is -0.496 e. The Labute approximate surface area is 198 Å². The molecule has 0 bridgehead atoms. The fourth-order valence-corrected chi connectivity index (χ4v) is 3.72. The topological polar surface area (TPSA) is 69.6 Å². The third-order valence-corrected chi connectivity index (χ3v) is 5.33. The van der Waals surface area contributed by atoms with Crippen LogP contribution >= 0.6 is 0 Å². The summed E-state index contributed by atoms with van der Waals surface area (Å²) in [5.41, 5.74) is 2.44. The van der Waals surface area contributed by atoms with Crippen LogP contribution in [0.2, 0.25) is 0 Å². The highest BCUT2D eigenvalue weighted by Crippen LogP contribution is 2.33. The van der Waals surface area contributed by atoms with Crippen molar-refractivity contribution in [3.63, 3.8) is 0 Å². The maximum absolute atomic E-state index is 13.6. The van der Waals surface area contributed by atoms with Crippen LogP contribution in [0.25, 0.3) is 6.08 Å². The number of para-hydroxylation sites is 1. The number of rotatable bonds is 8. The molecule has 1 amide bonds. The van der Waals surface area contributed by atoms with Gasteiger partial charge < -0.3 is 18.9 Å². The Morgan fingerprint density at radius 2 is 1.56 bits per heavy atom. The summed E-state index contributed by atoms with van der Waals surface area (Å²) < 4.78 is 21.8. The van der Waals surface area contributed by atoms with Crippen molar-refractivity contribution in [1.29, 1.82) is 0 Å². The van der Waals surface area contributed by atoms with Gasteiger partial charge in [0.15, 0.2) is 17.3 Å². The number of amidine groups is 1. The molecule has 1 aliphatic heterocycles. The molecule has 34 heavy (non-hydrogen) atoms. The molecule has 0 fully saturated rings. The number of amides is 1. The first-order valence-corrected chi connectivity index (χ1v) is 10.8. The van der Waals surface area contributed by atoms with Crippen LogP contribution in [-0.2, 0) is 4.79 Å². The molecule has 1 heterocycles. The highest BCUT2D eigenvalue weighted by atomic mass is 16.5. The molecule has 0 saturated heterocycles. The second-order valence-corrected chi connectivity index (χ2v) is 7.35. The first-order valence-electron chi connectivity index (χ1n) is 10.8. The Bertz CT molecular complexity index is 1250. The Morgan fingerprint density at radius 3 is 2.24 bits per heavy atom. The van der Waals surface area contributed by atoms with E-state index in [1.165, 1.54) is 0 Å². The summed E-state index contributed by atoms with van der Waals surface area (Å²) in [4.78, 5) is 19.9. The van der Waals surface area contributed by atoms with Crippen LogP contribution in [0, 0.1) is 0 Å². The van der Waals surface area contributed by atoms with Crippen molar-refractivity contribution < 1.29 is 23.7 Å². The number of nitrogens with zero attached hydrogens (tertiary/aromatic N) is 2. The summed E-state index contributed by atoms with van der Waals surface area (Å²) in [5, 5.41) is 0. The van der Waals surface area contributed by atoms with Gasteiger partial charge in [-0.2, -0.15) is 0 Å². The predicted molar refractivity (Wildman–Crippen MR) is 132 cm³/mol. The zero-order valence-corrected chi connectivity index (χ0v) is 19.6. The van der Waals surface area contributed by atoms with Crippen molar-refractivity contribution in [1.82, 2.24) is 0 Å². The number of carbonyl (C=O) groups is 1. The Kier molecular flexibility index (Phi) is 6.82. The average molecular weight is 459 g/mol. The standard InChI is InChI=1S/C27H26N2O5/c1-5-34-20-13-11-19(12-14-20)29-26(21-8-6-7-9-23(21)31-2)28-22(27(29)30)16-18-10-15-24(32-3)25(17-18)33-4/h6-17H,5H2,1-4H3/b22-16+. The van der Waals surface area contributed by atoms with E-state index in [9.17, 15) is 4.79 Å². The van der Waals surface area contributed by atoms with Crippen LogP contribution < -0.4 is 23.8 Å². The normalized spacial score (nSPS) is 14.2. The molecule has 0 aliphatic carbocycles. The first kappa shape index (κ1) is 22.9. The summed E-state index contributed by atoms with van der Waals surface area (Å²) in [7, 11) is 4.74. The lowest BCUT2D eigenvalue weighted by Gasteiger charge is -2.20. The molecule has 0 atom stereocenters. The van der Waals surface area contributed by atoms with E-state index in [0.717, 1.165) is 11.3 Å². The second kappa shape index (κ2) is 10.1. The fourth-order valence-electron chi connectivity index (χ4n) is 3.72. The van der Waals surface area contributed by atoms with Gasteiger partial charge in [0.2, 0.25) is 0 Å². The van der Waals surface area contributed by atoms with E-state index >= 15 is 0 Å². The first-order chi connectivity index (χ1) is 16.6. The minimum absolute atomic E-state index is 0.250. The fraction of sp³-hybridized carbons (Fsp3) is 0.185. The van der Waals surface area contributed by atoms with E-state index in [1.54, 1.807) is 44.4 Å². The molecular formula is C27H26N2O5. The Morgan fingerprint density at radius 1 is 0.853 bits per heavy atom. The zero-order valence-electron chi connectivity index (χ0n) is 19.6. The Hall–Kier alpha value is -4.26. The molecule has 0 spiro atoms. The summed E-state index contributed by atoms with van der Waals surface area (Å²) in [6.07, 6.45) is 1.73. The maximum Gasteiger partial charge on any atom is 0.282 e. The van der Waals surface area contributed by atoms with Crippen LogP contribution in [0.3, 0.4) is 0 Å². The quantitative estimate of drug-likeness (QED) is 0.447. The predicted octanol–water partition coefficient (Wildman–Crippen LogP) is 4.95. The number of anilines is 1. The van der Waals surface area contributed by atoms with Crippen LogP contribution in [0.5, 0.6) is 23.0 Å². The number of hydrogen-bond donors (Lipinski definition) is 0. The van der Waals surface area contributed by atoms with Crippen molar-refractivity contribution in [2.75, 3.05) is 32.8 Å². The molecule has 7 nitrogen and oxygen atoms in total. The van der Waals surface area contributed by atoms with E-state index < -0.39 is 0 Å². The van der Waals surface area contributed by atoms with E-state index in [0.29, 0.717) is 46.6 Å². The molecule has 7 heteroatoms. The van der Waals surface area contributed by atoms with Gasteiger partial charge in [0.05, 0.1) is 39.2 Å². The van der Waals surface area contributed by atoms with Crippen molar-refractivity contribution >= 4 is 23.5 Å². The molecule has 0 radical (unpaired) electrons. The smallest absolute Gasteiger partial charge is 0.282 e. The average Bonchev–Trinajstić information content (AvgIpc) is 3.20. The van der Waals surface area contributed by atoms with E-state index in [2.05, 4.69) is 0 Å². The zero-order chi connectivity index (χ0) is 24.1. The molecule has 0 saturated carbocycles. The highest BCUT2D eigenvalue weighted by molar-refractivity contribution is 6.33. The molecule has 1 aliphatic rings. The molecule has 0 aromatic heterocycles. The monoisotopic (exact) mass is 458 g/mol. The third kappa shape index (κ3) is 4.45. The summed E-state index contributed by atoms with van der Waals surface area (Å²) >= 11 is 0. The lowest BCUT2D eigenvalue weighted by atomic mass is 10.1. The van der Waals surface area contributed by atoms with Gasteiger partial charge in [-0.3, -0.25) is 9.69 Å². The van der Waals surface area contributed by atoms with Gasteiger partial charge in [-0.25, -0.2) is 4.99 Å². The van der Waals surface area contributed by atoms with Crippen LogP contribution in [0.15, 0.2) is 77.4 Å². The van der Waals surface area contributed by atoms with Gasteiger partial charge >= 0.3 is 0 Å². The van der Waals surface area contributed by atoms with Crippen LogP contribution in [0.1, 0.15) is 18.1 Å². The third-order valence-electron chi connectivity index (χ3n) is 5.33. The highest BCUT2D eigenvalue weighted by Gasteiger charge is 2.34. The minimum atomic E-state index is -0.250. The van der Waals surface area contributed by atoms with Crippen LogP contribution in [0.4, 0.5) is 5.69 Å². The van der Waals surface area contributed by atoms with Crippen molar-refractivity contribution in [2.45, 2.75) is 6.92 Å². The number of benzene rings is 3. The SMILES string of the molecule is CCOc1ccc(N2C(=O)/C(=C\c3ccc(OC)c(OC)c3)N=C2c2ccccc2OC)cc1. The largest absolute Gasteiger partial charge is 0.496 e. The van der Waals surface area contributed by atoms with Gasteiger partial charge in [0.25, 0.3) is 5.91 Å². The summed E-state index contributed by atoms with van der Waals surface area (Å²) in [6.45, 7) is 2.49. The molecule has 174 valence electrons. The maximum atomic E-state index is 13.6. The van der Waals surface area contributed by atoms with Crippen molar-refractivity contribution in [2.24, 2.45) is 4.99 Å². The van der Waals surface area contributed by atoms with Gasteiger partial charge in [0.1, 0.15) is 17.2 Å². The molecule has 0 unspecified atom stereocenters. The lowest BCUT2D eigenvalue weighted by molar-refractivity contribution is -0.113. The van der Waals surface area contributed by atoms with E-state index in [-0.39, 0.29) is 5.91 Å². The molecule has 3 aromatic carbocycles. The Balaban J connectivity index is 1.81. The van der Waals surface area contributed by atoms with Gasteiger partial charge in [0, 0.05) is 0 Å². The number of ether oxygens (including phenoxy) is 4. The summed E-state index contributed by atoms with van der Waals surface area (Å²) in [6, 6.07) is 20.3. The van der Waals surface area contributed by atoms with Gasteiger partial charge in [-0.15, -0.1) is 0 Å². The lowest BCUT2D eigenvalue weighted by Crippen LogP contribution is -2.32. The second-order valence-electron chi connectivity index (χ2n) is 7.35. The molecule has 0 N–H and O–H groups in total. The number of hydrogen-bond acceptors (Lipinski definition) is 6. The number of aliphatic imine (C=N–C) groups is 1. The van der Waals surface area contributed by atoms with E-state index in [4.69, 9.17) is 23.9 Å². The molecule has 3 aromatic rings. The van der Waals surface area contributed by atoms with Crippen molar-refractivity contribution in [3.8, 4) is 23.0 Å². The van der Waals surface area contributed by atoms with Crippen molar-refractivity contribution in [3.05, 3.63) is 83.6 Å².